The maximum absolute atomic E-state index is 11.6. The summed E-state index contributed by atoms with van der Waals surface area (Å²) in [6, 6.07) is 2.67. The Morgan fingerprint density at radius 2 is 2.12 bits per heavy atom. The maximum atomic E-state index is 11.6. The number of nitrogens with zero attached hydrogens (tertiary/aromatic N) is 2. The molecule has 0 radical (unpaired) electrons. The third-order valence-electron chi connectivity index (χ3n) is 2.40. The van der Waals surface area contributed by atoms with Crippen LogP contribution in [0.4, 0.5) is 0 Å². The predicted octanol–water partition coefficient (Wildman–Crippen LogP) is 0.187. The van der Waals surface area contributed by atoms with Gasteiger partial charge in [-0.25, -0.2) is 13.1 Å². The van der Waals surface area contributed by atoms with Gasteiger partial charge in [0.1, 0.15) is 5.75 Å². The number of hydrogen-bond donors (Lipinski definition) is 2. The molecule has 6 nitrogen and oxygen atoms in total. The van der Waals surface area contributed by atoms with Gasteiger partial charge in [0, 0.05) is 13.1 Å². The summed E-state index contributed by atoms with van der Waals surface area (Å²) < 4.78 is 26.9. The Morgan fingerprint density at radius 1 is 1.44 bits per heavy atom. The molecule has 0 bridgehead atoms. The van der Waals surface area contributed by atoms with Gasteiger partial charge in [0.2, 0.25) is 10.0 Å². The molecule has 0 fully saturated rings. The van der Waals surface area contributed by atoms with Gasteiger partial charge in [-0.05, 0) is 13.1 Å². The van der Waals surface area contributed by atoms with Crippen molar-refractivity contribution in [2.45, 2.75) is 4.90 Å². The van der Waals surface area contributed by atoms with Crippen molar-refractivity contribution in [3.8, 4) is 5.75 Å². The third-order valence-corrected chi connectivity index (χ3v) is 3.79. The zero-order valence-corrected chi connectivity index (χ0v) is 9.61. The fraction of sp³-hybridized carbons (Fsp3) is 0.222. The van der Waals surface area contributed by atoms with Crippen LogP contribution in [-0.4, -0.2) is 30.4 Å². The average molecular weight is 241 g/mol. The van der Waals surface area contributed by atoms with Gasteiger partial charge in [0.05, 0.1) is 22.0 Å². The van der Waals surface area contributed by atoms with Crippen LogP contribution < -0.4 is 4.72 Å². The van der Waals surface area contributed by atoms with Crippen molar-refractivity contribution in [1.29, 1.82) is 0 Å². The zero-order valence-electron chi connectivity index (χ0n) is 8.80. The summed E-state index contributed by atoms with van der Waals surface area (Å²) in [5.74, 6) is -0.0978. The van der Waals surface area contributed by atoms with Gasteiger partial charge in [0.25, 0.3) is 0 Å². The molecule has 86 valence electrons. The Hall–Kier alpha value is -1.60. The molecular formula is C9H11N3O3S. The topological polar surface area (TPSA) is 84.2 Å². The molecule has 0 aliphatic rings. The Labute approximate surface area is 92.6 Å². The van der Waals surface area contributed by atoms with Crippen molar-refractivity contribution in [2.75, 3.05) is 7.05 Å². The highest BCUT2D eigenvalue weighted by atomic mass is 32.2. The molecule has 1 heterocycles. The minimum Gasteiger partial charge on any atom is -0.507 e. The second kappa shape index (κ2) is 3.46. The van der Waals surface area contributed by atoms with E-state index in [1.54, 1.807) is 7.05 Å². The molecule has 16 heavy (non-hydrogen) atoms. The summed E-state index contributed by atoms with van der Waals surface area (Å²) in [5, 5.41) is 14.2. The van der Waals surface area contributed by atoms with Crippen LogP contribution in [0, 0.1) is 0 Å². The van der Waals surface area contributed by atoms with E-state index in [1.165, 1.54) is 30.1 Å². The first-order valence-corrected chi connectivity index (χ1v) is 6.02. The number of rotatable bonds is 2. The van der Waals surface area contributed by atoms with E-state index in [9.17, 15) is 13.5 Å². The van der Waals surface area contributed by atoms with Gasteiger partial charge in [-0.1, -0.05) is 0 Å². The van der Waals surface area contributed by atoms with Gasteiger partial charge < -0.3 is 5.11 Å². The first-order valence-electron chi connectivity index (χ1n) is 4.54. The van der Waals surface area contributed by atoms with Crippen LogP contribution in [0.2, 0.25) is 0 Å². The molecule has 1 aromatic heterocycles. The molecule has 7 heteroatoms. The summed E-state index contributed by atoms with van der Waals surface area (Å²) in [6.45, 7) is 0. The van der Waals surface area contributed by atoms with Gasteiger partial charge in [-0.2, -0.15) is 5.10 Å². The van der Waals surface area contributed by atoms with E-state index in [2.05, 4.69) is 9.82 Å². The minimum absolute atomic E-state index is 0.0172. The predicted molar refractivity (Wildman–Crippen MR) is 58.6 cm³/mol. The summed E-state index contributed by atoms with van der Waals surface area (Å²) in [7, 11) is -0.561. The summed E-state index contributed by atoms with van der Waals surface area (Å²) in [5.41, 5.74) is 0.564. The SMILES string of the molecule is CNS(=O)(=O)c1cc(O)c2cnn(C)c2c1. The Morgan fingerprint density at radius 3 is 2.75 bits per heavy atom. The van der Waals surface area contributed by atoms with Crippen molar-refractivity contribution in [2.24, 2.45) is 7.05 Å². The highest BCUT2D eigenvalue weighted by Crippen LogP contribution is 2.27. The minimum atomic E-state index is -3.56. The van der Waals surface area contributed by atoms with Crippen LogP contribution in [-0.2, 0) is 17.1 Å². The maximum Gasteiger partial charge on any atom is 0.240 e. The molecule has 0 spiro atoms. The normalized spacial score (nSPS) is 12.1. The van der Waals surface area contributed by atoms with Crippen molar-refractivity contribution >= 4 is 20.9 Å². The Balaban J connectivity index is 2.80. The number of sulfonamides is 1. The van der Waals surface area contributed by atoms with Crippen molar-refractivity contribution in [3.63, 3.8) is 0 Å². The summed E-state index contributed by atoms with van der Waals surface area (Å²) in [4.78, 5) is 0.0172. The quantitative estimate of drug-likeness (QED) is 0.786. The van der Waals surface area contributed by atoms with Gasteiger partial charge in [-0.15, -0.1) is 0 Å². The number of aryl methyl sites for hydroxylation is 1. The first kappa shape index (κ1) is 10.9. The first-order chi connectivity index (χ1) is 7.45. The Bertz CT molecular complexity index is 645. The van der Waals surface area contributed by atoms with E-state index in [0.29, 0.717) is 10.9 Å². The number of hydrogen-bond acceptors (Lipinski definition) is 4. The number of aromatic hydroxyl groups is 1. The van der Waals surface area contributed by atoms with Crippen molar-refractivity contribution < 1.29 is 13.5 Å². The molecular weight excluding hydrogens is 230 g/mol. The summed E-state index contributed by atoms with van der Waals surface area (Å²) >= 11 is 0. The van der Waals surface area contributed by atoms with E-state index in [4.69, 9.17) is 0 Å². The van der Waals surface area contributed by atoms with E-state index < -0.39 is 10.0 Å². The van der Waals surface area contributed by atoms with E-state index in [0.717, 1.165) is 0 Å². The highest BCUT2D eigenvalue weighted by Gasteiger charge is 2.16. The molecule has 0 saturated carbocycles. The second-order valence-corrected chi connectivity index (χ2v) is 5.24. The van der Waals surface area contributed by atoms with Crippen molar-refractivity contribution in [3.05, 3.63) is 18.3 Å². The lowest BCUT2D eigenvalue weighted by molar-refractivity contribution is 0.479. The van der Waals surface area contributed by atoms with Crippen LogP contribution in [0.1, 0.15) is 0 Å². The molecule has 0 amide bonds. The molecule has 0 saturated heterocycles. The van der Waals surface area contributed by atoms with Crippen LogP contribution in [0.3, 0.4) is 0 Å². The van der Waals surface area contributed by atoms with Gasteiger partial charge in [-0.3, -0.25) is 4.68 Å². The van der Waals surface area contributed by atoms with E-state index in [1.807, 2.05) is 0 Å². The molecule has 2 aromatic rings. The standard InChI is InChI=1S/C9H11N3O3S/c1-10-16(14,15)6-3-8-7(9(13)4-6)5-11-12(8)2/h3-5,10,13H,1-2H3. The number of aromatic nitrogens is 2. The lowest BCUT2D eigenvalue weighted by Crippen LogP contribution is -2.18. The number of phenolic OH excluding ortho intramolecular Hbond substituents is 1. The third kappa shape index (κ3) is 1.54. The molecule has 0 atom stereocenters. The molecule has 0 aliphatic carbocycles. The fourth-order valence-electron chi connectivity index (χ4n) is 1.48. The van der Waals surface area contributed by atoms with Crippen LogP contribution in [0.15, 0.2) is 23.2 Å². The molecule has 1 aromatic carbocycles. The fourth-order valence-corrected chi connectivity index (χ4v) is 2.25. The van der Waals surface area contributed by atoms with Gasteiger partial charge in [0.15, 0.2) is 0 Å². The number of fused-ring (bicyclic) bond motifs is 1. The number of nitrogens with one attached hydrogen (secondary N) is 1. The average Bonchev–Trinajstić information content (AvgIpc) is 2.61. The van der Waals surface area contributed by atoms with Crippen LogP contribution >= 0.6 is 0 Å². The smallest absolute Gasteiger partial charge is 0.240 e. The lowest BCUT2D eigenvalue weighted by Gasteiger charge is -2.04. The number of benzene rings is 1. The summed E-state index contributed by atoms with van der Waals surface area (Å²) in [6.07, 6.45) is 1.49. The zero-order chi connectivity index (χ0) is 11.9. The van der Waals surface area contributed by atoms with E-state index >= 15 is 0 Å². The van der Waals surface area contributed by atoms with Gasteiger partial charge >= 0.3 is 0 Å². The van der Waals surface area contributed by atoms with Crippen LogP contribution in [0.5, 0.6) is 5.75 Å². The molecule has 0 unspecified atom stereocenters. The van der Waals surface area contributed by atoms with E-state index in [-0.39, 0.29) is 10.6 Å². The lowest BCUT2D eigenvalue weighted by atomic mass is 10.2. The largest absolute Gasteiger partial charge is 0.507 e. The molecule has 2 N–H and O–H groups in total. The van der Waals surface area contributed by atoms with Crippen molar-refractivity contribution in [1.82, 2.24) is 14.5 Å². The molecule has 2 rings (SSSR count). The second-order valence-electron chi connectivity index (χ2n) is 3.35. The van der Waals surface area contributed by atoms with Crippen LogP contribution in [0.25, 0.3) is 10.9 Å². The molecule has 0 aliphatic heterocycles. The Kier molecular flexibility index (Phi) is 2.36. The number of phenols is 1. The highest BCUT2D eigenvalue weighted by molar-refractivity contribution is 7.89. The monoisotopic (exact) mass is 241 g/mol.